The quantitative estimate of drug-likeness (QED) is 0.576. The largest absolute Gasteiger partial charge is 0.0648 e. The Morgan fingerprint density at radius 2 is 1.36 bits per heavy atom. The van der Waals surface area contributed by atoms with Gasteiger partial charge in [-0.25, -0.2) is 0 Å². The third-order valence-corrected chi connectivity index (χ3v) is 5.62. The molecule has 2 atom stereocenters. The van der Waals surface area contributed by atoms with Crippen LogP contribution in [0.15, 0.2) is 54.6 Å². The van der Waals surface area contributed by atoms with Crippen molar-refractivity contribution in [3.63, 3.8) is 0 Å². The second kappa shape index (κ2) is 6.28. The van der Waals surface area contributed by atoms with Crippen molar-refractivity contribution in [3.8, 4) is 0 Å². The number of benzene rings is 2. The lowest BCUT2D eigenvalue weighted by Gasteiger charge is -2.21. The minimum atomic E-state index is 0.454. The first-order valence-electron chi connectivity index (χ1n) is 8.80. The molecule has 0 heteroatoms. The van der Waals surface area contributed by atoms with Crippen LogP contribution in [0.25, 0.3) is 0 Å². The van der Waals surface area contributed by atoms with Crippen LogP contribution in [0.2, 0.25) is 0 Å². The average Bonchev–Trinajstić information content (AvgIpc) is 3.36. The van der Waals surface area contributed by atoms with Crippen molar-refractivity contribution in [3.05, 3.63) is 71.3 Å². The molecule has 1 fully saturated rings. The van der Waals surface area contributed by atoms with Gasteiger partial charge in [0, 0.05) is 0 Å². The Hall–Kier alpha value is -1.56. The summed E-state index contributed by atoms with van der Waals surface area (Å²) in [6.45, 7) is 6.96. The van der Waals surface area contributed by atoms with E-state index in [0.29, 0.717) is 17.3 Å². The van der Waals surface area contributed by atoms with Gasteiger partial charge in [0.2, 0.25) is 0 Å². The van der Waals surface area contributed by atoms with Crippen molar-refractivity contribution < 1.29 is 0 Å². The van der Waals surface area contributed by atoms with Gasteiger partial charge in [-0.2, -0.15) is 0 Å². The summed E-state index contributed by atoms with van der Waals surface area (Å²) >= 11 is 0. The Morgan fingerprint density at radius 3 is 1.86 bits per heavy atom. The highest BCUT2D eigenvalue weighted by Crippen LogP contribution is 2.53. The molecule has 1 aliphatic rings. The van der Waals surface area contributed by atoms with E-state index >= 15 is 0 Å². The van der Waals surface area contributed by atoms with Gasteiger partial charge in [-0.05, 0) is 59.6 Å². The highest BCUT2D eigenvalue weighted by Gasteiger charge is 2.44. The second-order valence-corrected chi connectivity index (χ2v) is 7.23. The molecule has 0 N–H and O–H groups in total. The molecule has 1 saturated carbocycles. The molecule has 0 heterocycles. The summed E-state index contributed by atoms with van der Waals surface area (Å²) in [5.74, 6) is 1.30. The monoisotopic (exact) mass is 292 g/mol. The van der Waals surface area contributed by atoms with E-state index in [0.717, 1.165) is 0 Å². The Bertz CT molecular complexity index is 590. The van der Waals surface area contributed by atoms with Crippen molar-refractivity contribution in [1.29, 1.82) is 0 Å². The van der Waals surface area contributed by atoms with Gasteiger partial charge in [0.15, 0.2) is 0 Å². The van der Waals surface area contributed by atoms with Crippen LogP contribution in [0.5, 0.6) is 0 Å². The topological polar surface area (TPSA) is 0 Å². The summed E-state index contributed by atoms with van der Waals surface area (Å²) < 4.78 is 0. The first-order chi connectivity index (χ1) is 10.6. The molecule has 1 aliphatic carbocycles. The van der Waals surface area contributed by atoms with Crippen molar-refractivity contribution in [1.82, 2.24) is 0 Å². The molecular formula is C22H28. The minimum Gasteiger partial charge on any atom is -0.0648 e. The summed E-state index contributed by atoms with van der Waals surface area (Å²) in [6.07, 6.45) is 5.20. The predicted octanol–water partition coefficient (Wildman–Crippen LogP) is 6.43. The molecule has 0 amide bonds. The van der Waals surface area contributed by atoms with Crippen LogP contribution >= 0.6 is 0 Å². The minimum absolute atomic E-state index is 0.454. The van der Waals surface area contributed by atoms with E-state index < -0.39 is 0 Å². The van der Waals surface area contributed by atoms with Gasteiger partial charge < -0.3 is 0 Å². The Kier molecular flexibility index (Phi) is 4.38. The molecule has 2 aromatic carbocycles. The fraction of sp³-hybridized carbons (Fsp3) is 0.455. The van der Waals surface area contributed by atoms with E-state index in [1.807, 2.05) is 0 Å². The third kappa shape index (κ3) is 3.11. The maximum absolute atomic E-state index is 2.39. The predicted molar refractivity (Wildman–Crippen MR) is 95.5 cm³/mol. The number of rotatable bonds is 6. The molecule has 0 saturated heterocycles. The molecule has 0 aromatic heterocycles. The Morgan fingerprint density at radius 1 is 0.818 bits per heavy atom. The SMILES string of the molecule is CCC(C)c1ccc(C(C)CC2(c3ccccc3)CC2)cc1. The summed E-state index contributed by atoms with van der Waals surface area (Å²) in [5, 5.41) is 0. The van der Waals surface area contributed by atoms with E-state index in [4.69, 9.17) is 0 Å². The van der Waals surface area contributed by atoms with Gasteiger partial charge in [0.1, 0.15) is 0 Å². The van der Waals surface area contributed by atoms with Gasteiger partial charge >= 0.3 is 0 Å². The van der Waals surface area contributed by atoms with Crippen molar-refractivity contribution >= 4 is 0 Å². The van der Waals surface area contributed by atoms with Crippen LogP contribution in [0.1, 0.15) is 75.0 Å². The average molecular weight is 292 g/mol. The van der Waals surface area contributed by atoms with Crippen LogP contribution in [0.4, 0.5) is 0 Å². The van der Waals surface area contributed by atoms with Gasteiger partial charge in [0.25, 0.3) is 0 Å². The molecular weight excluding hydrogens is 264 g/mol. The van der Waals surface area contributed by atoms with Crippen molar-refractivity contribution in [2.24, 2.45) is 0 Å². The highest BCUT2D eigenvalue weighted by molar-refractivity contribution is 5.33. The fourth-order valence-electron chi connectivity index (χ4n) is 3.65. The zero-order valence-corrected chi connectivity index (χ0v) is 14.2. The van der Waals surface area contributed by atoms with E-state index in [1.54, 1.807) is 0 Å². The molecule has 0 bridgehead atoms. The van der Waals surface area contributed by atoms with E-state index in [2.05, 4.69) is 75.4 Å². The zero-order valence-electron chi connectivity index (χ0n) is 14.2. The summed E-state index contributed by atoms with van der Waals surface area (Å²) in [4.78, 5) is 0. The lowest BCUT2D eigenvalue weighted by atomic mass is 9.83. The standard InChI is InChI=1S/C22H28/c1-4-17(2)19-10-12-20(13-11-19)18(3)16-22(14-15-22)21-8-6-5-7-9-21/h5-13,17-18H,4,14-16H2,1-3H3. The van der Waals surface area contributed by atoms with E-state index in [-0.39, 0.29) is 0 Å². The molecule has 2 aromatic rings. The molecule has 2 unspecified atom stereocenters. The lowest BCUT2D eigenvalue weighted by Crippen LogP contribution is -2.11. The smallest absolute Gasteiger partial charge is 0.00406 e. The Labute approximate surface area is 135 Å². The van der Waals surface area contributed by atoms with Gasteiger partial charge in [0.05, 0.1) is 0 Å². The van der Waals surface area contributed by atoms with E-state index in [1.165, 1.54) is 42.4 Å². The van der Waals surface area contributed by atoms with Crippen molar-refractivity contribution in [2.45, 2.75) is 63.7 Å². The highest BCUT2D eigenvalue weighted by atomic mass is 14.5. The molecule has 0 radical (unpaired) electrons. The van der Waals surface area contributed by atoms with Gasteiger partial charge in [-0.3, -0.25) is 0 Å². The van der Waals surface area contributed by atoms with Crippen LogP contribution in [0, 0.1) is 0 Å². The zero-order chi connectivity index (χ0) is 15.6. The molecule has 116 valence electrons. The molecule has 22 heavy (non-hydrogen) atoms. The normalized spacial score (nSPS) is 18.7. The number of hydrogen-bond acceptors (Lipinski definition) is 0. The molecule has 3 rings (SSSR count). The lowest BCUT2D eigenvalue weighted by molar-refractivity contribution is 0.547. The fourth-order valence-corrected chi connectivity index (χ4v) is 3.65. The second-order valence-electron chi connectivity index (χ2n) is 7.23. The van der Waals surface area contributed by atoms with E-state index in [9.17, 15) is 0 Å². The third-order valence-electron chi connectivity index (χ3n) is 5.62. The molecule has 0 aliphatic heterocycles. The van der Waals surface area contributed by atoms with Gasteiger partial charge in [-0.1, -0.05) is 75.4 Å². The first kappa shape index (κ1) is 15.3. The van der Waals surface area contributed by atoms with Crippen molar-refractivity contribution in [2.75, 3.05) is 0 Å². The summed E-state index contributed by atoms with van der Waals surface area (Å²) in [6, 6.07) is 20.5. The van der Waals surface area contributed by atoms with Crippen LogP contribution < -0.4 is 0 Å². The summed E-state index contributed by atoms with van der Waals surface area (Å²) in [7, 11) is 0. The van der Waals surface area contributed by atoms with Crippen LogP contribution in [-0.4, -0.2) is 0 Å². The van der Waals surface area contributed by atoms with Crippen LogP contribution in [-0.2, 0) is 5.41 Å². The summed E-state index contributed by atoms with van der Waals surface area (Å²) in [5.41, 5.74) is 4.96. The molecule has 0 spiro atoms. The van der Waals surface area contributed by atoms with Crippen LogP contribution in [0.3, 0.4) is 0 Å². The first-order valence-corrected chi connectivity index (χ1v) is 8.80. The maximum Gasteiger partial charge on any atom is -0.00406 e. The number of hydrogen-bond donors (Lipinski definition) is 0. The Balaban J connectivity index is 1.71. The molecule has 0 nitrogen and oxygen atoms in total. The van der Waals surface area contributed by atoms with Gasteiger partial charge in [-0.15, -0.1) is 0 Å². The maximum atomic E-state index is 2.39.